The number of para-hydroxylation sites is 1. The van der Waals surface area contributed by atoms with Gasteiger partial charge in [-0.25, -0.2) is 12.8 Å². The maximum atomic E-state index is 13.8. The highest BCUT2D eigenvalue weighted by Gasteiger charge is 2.27. The lowest BCUT2D eigenvalue weighted by atomic mass is 10.2. The number of nitrogens with zero attached hydrogens (tertiary/aromatic N) is 2. The van der Waals surface area contributed by atoms with Crippen molar-refractivity contribution < 1.29 is 17.6 Å². The average molecular weight is 357 g/mol. The molecule has 1 N–H and O–H groups in total. The number of carbonyl (C=O) groups excluding carboxylic acids is 1. The number of hydrogen-bond donors (Lipinski definition) is 1. The number of amides is 1. The smallest absolute Gasteiger partial charge is 0.222 e. The van der Waals surface area contributed by atoms with Crippen LogP contribution in [0.15, 0.2) is 24.3 Å². The zero-order valence-electron chi connectivity index (χ0n) is 14.0. The molecule has 0 unspecified atom stereocenters. The maximum absolute atomic E-state index is 13.8. The third-order valence-electron chi connectivity index (χ3n) is 4.01. The summed E-state index contributed by atoms with van der Waals surface area (Å²) in [5.74, 6) is -0.748. The summed E-state index contributed by atoms with van der Waals surface area (Å²) in [5, 5.41) is 2.61. The van der Waals surface area contributed by atoms with Gasteiger partial charge in [0.25, 0.3) is 0 Å². The third-order valence-corrected chi connectivity index (χ3v) is 5.88. The van der Waals surface area contributed by atoms with Crippen molar-refractivity contribution >= 4 is 21.6 Å². The van der Waals surface area contributed by atoms with Gasteiger partial charge in [-0.05, 0) is 12.1 Å². The van der Waals surface area contributed by atoms with Crippen LogP contribution in [0.2, 0.25) is 0 Å². The molecule has 8 heteroatoms. The van der Waals surface area contributed by atoms with Crippen LogP contribution in [0.5, 0.6) is 0 Å². The lowest BCUT2D eigenvalue weighted by Crippen LogP contribution is -2.50. The van der Waals surface area contributed by atoms with E-state index in [0.29, 0.717) is 31.9 Å². The van der Waals surface area contributed by atoms with E-state index in [0.717, 1.165) is 0 Å². The molecule has 2 rings (SSSR count). The fourth-order valence-corrected chi connectivity index (χ4v) is 3.89. The minimum atomic E-state index is -3.42. The second-order valence-corrected chi connectivity index (χ2v) is 8.19. The number of piperazine rings is 1. The molecule has 0 aliphatic carbocycles. The van der Waals surface area contributed by atoms with Crippen LogP contribution in [0.1, 0.15) is 13.8 Å². The number of carbonyl (C=O) groups is 1. The summed E-state index contributed by atoms with van der Waals surface area (Å²) in [6.07, 6.45) is 0. The Labute approximate surface area is 142 Å². The number of benzene rings is 1. The second kappa shape index (κ2) is 7.94. The molecule has 0 radical (unpaired) electrons. The molecule has 1 aromatic carbocycles. The normalized spacial score (nSPS) is 16.4. The lowest BCUT2D eigenvalue weighted by molar-refractivity contribution is -0.123. The SMILES string of the molecule is CC(C)C(=O)NCCS(=O)(=O)N1CCN(c2ccccc2F)CC1. The van der Waals surface area contributed by atoms with Gasteiger partial charge in [0.15, 0.2) is 0 Å². The van der Waals surface area contributed by atoms with Crippen LogP contribution in [0.4, 0.5) is 10.1 Å². The molecule has 134 valence electrons. The first-order valence-electron chi connectivity index (χ1n) is 8.06. The first-order valence-corrected chi connectivity index (χ1v) is 9.67. The Morgan fingerprint density at radius 2 is 1.83 bits per heavy atom. The molecule has 1 saturated heterocycles. The van der Waals surface area contributed by atoms with Gasteiger partial charge < -0.3 is 10.2 Å². The van der Waals surface area contributed by atoms with Crippen molar-refractivity contribution in [1.82, 2.24) is 9.62 Å². The summed E-state index contributed by atoms with van der Waals surface area (Å²) in [6.45, 7) is 5.13. The highest BCUT2D eigenvalue weighted by Crippen LogP contribution is 2.20. The van der Waals surface area contributed by atoms with Crippen molar-refractivity contribution in [2.45, 2.75) is 13.8 Å². The van der Waals surface area contributed by atoms with Crippen LogP contribution < -0.4 is 10.2 Å². The lowest BCUT2D eigenvalue weighted by Gasteiger charge is -2.35. The first-order chi connectivity index (χ1) is 11.3. The van der Waals surface area contributed by atoms with E-state index in [1.54, 1.807) is 32.0 Å². The van der Waals surface area contributed by atoms with Gasteiger partial charge in [0.2, 0.25) is 15.9 Å². The molecule has 1 aromatic rings. The van der Waals surface area contributed by atoms with Gasteiger partial charge in [0, 0.05) is 38.6 Å². The van der Waals surface area contributed by atoms with Crippen molar-refractivity contribution in [3.05, 3.63) is 30.1 Å². The summed E-state index contributed by atoms with van der Waals surface area (Å²) in [4.78, 5) is 13.3. The fourth-order valence-electron chi connectivity index (χ4n) is 2.55. The molecule has 0 spiro atoms. The largest absolute Gasteiger partial charge is 0.367 e. The summed E-state index contributed by atoms with van der Waals surface area (Å²) >= 11 is 0. The molecule has 6 nitrogen and oxygen atoms in total. The molecule has 1 amide bonds. The minimum Gasteiger partial charge on any atom is -0.367 e. The Hall–Kier alpha value is -1.67. The summed E-state index contributed by atoms with van der Waals surface area (Å²) in [6, 6.07) is 6.49. The van der Waals surface area contributed by atoms with Crippen molar-refractivity contribution in [2.24, 2.45) is 5.92 Å². The summed E-state index contributed by atoms with van der Waals surface area (Å²) in [5.41, 5.74) is 0.499. The monoisotopic (exact) mass is 357 g/mol. The molecule has 1 aliphatic heterocycles. The van der Waals surface area contributed by atoms with Gasteiger partial charge in [-0.15, -0.1) is 0 Å². The highest BCUT2D eigenvalue weighted by atomic mass is 32.2. The Morgan fingerprint density at radius 3 is 2.42 bits per heavy atom. The number of rotatable bonds is 6. The molecule has 1 fully saturated rings. The Kier molecular flexibility index (Phi) is 6.17. The second-order valence-electron chi connectivity index (χ2n) is 6.10. The molecular formula is C16H24FN3O3S. The standard InChI is InChI=1S/C16H24FN3O3S/c1-13(2)16(21)18-7-12-24(22,23)20-10-8-19(9-11-20)15-6-4-3-5-14(15)17/h3-6,13H,7-12H2,1-2H3,(H,18,21). The van der Waals surface area contributed by atoms with E-state index in [-0.39, 0.29) is 29.9 Å². The summed E-state index contributed by atoms with van der Waals surface area (Å²) < 4.78 is 39.9. The van der Waals surface area contributed by atoms with E-state index in [1.165, 1.54) is 10.4 Å². The average Bonchev–Trinajstić information content (AvgIpc) is 2.55. The van der Waals surface area contributed by atoms with Gasteiger partial charge >= 0.3 is 0 Å². The van der Waals surface area contributed by atoms with Crippen LogP contribution >= 0.6 is 0 Å². The number of nitrogens with one attached hydrogen (secondary N) is 1. The van der Waals surface area contributed by atoms with E-state index in [2.05, 4.69) is 5.32 Å². The van der Waals surface area contributed by atoms with Crippen molar-refractivity contribution in [2.75, 3.05) is 43.4 Å². The molecule has 0 bridgehead atoms. The number of halogens is 1. The van der Waals surface area contributed by atoms with E-state index in [1.807, 2.05) is 4.90 Å². The predicted octanol–water partition coefficient (Wildman–Crippen LogP) is 1.05. The zero-order chi connectivity index (χ0) is 17.7. The van der Waals surface area contributed by atoms with E-state index >= 15 is 0 Å². The number of sulfonamides is 1. The van der Waals surface area contributed by atoms with Gasteiger partial charge in [0.1, 0.15) is 5.82 Å². The van der Waals surface area contributed by atoms with Gasteiger partial charge in [-0.1, -0.05) is 26.0 Å². The van der Waals surface area contributed by atoms with E-state index in [4.69, 9.17) is 0 Å². The molecular weight excluding hydrogens is 333 g/mol. The summed E-state index contributed by atoms with van der Waals surface area (Å²) in [7, 11) is -3.42. The quantitative estimate of drug-likeness (QED) is 0.826. The number of hydrogen-bond acceptors (Lipinski definition) is 4. The van der Waals surface area contributed by atoms with Gasteiger partial charge in [-0.3, -0.25) is 4.79 Å². The maximum Gasteiger partial charge on any atom is 0.222 e. The molecule has 1 heterocycles. The van der Waals surface area contributed by atoms with Crippen LogP contribution in [0, 0.1) is 11.7 Å². The van der Waals surface area contributed by atoms with E-state index < -0.39 is 10.0 Å². The van der Waals surface area contributed by atoms with Crippen molar-refractivity contribution in [3.8, 4) is 0 Å². The highest BCUT2D eigenvalue weighted by molar-refractivity contribution is 7.89. The Morgan fingerprint density at radius 1 is 1.21 bits per heavy atom. The van der Waals surface area contributed by atoms with Crippen molar-refractivity contribution in [1.29, 1.82) is 0 Å². The van der Waals surface area contributed by atoms with Crippen LogP contribution in [0.25, 0.3) is 0 Å². The third kappa shape index (κ3) is 4.67. The molecule has 0 atom stereocenters. The fraction of sp³-hybridized carbons (Fsp3) is 0.562. The molecule has 24 heavy (non-hydrogen) atoms. The van der Waals surface area contributed by atoms with Crippen LogP contribution in [0.3, 0.4) is 0 Å². The van der Waals surface area contributed by atoms with Gasteiger partial charge in [0.05, 0.1) is 11.4 Å². The topological polar surface area (TPSA) is 69.7 Å². The molecule has 1 aliphatic rings. The minimum absolute atomic E-state index is 0.104. The number of anilines is 1. The Balaban J connectivity index is 1.87. The Bertz CT molecular complexity index is 671. The van der Waals surface area contributed by atoms with Crippen LogP contribution in [-0.4, -0.2) is 57.1 Å². The zero-order valence-corrected chi connectivity index (χ0v) is 14.9. The van der Waals surface area contributed by atoms with Crippen LogP contribution in [-0.2, 0) is 14.8 Å². The molecule has 0 aromatic heterocycles. The first kappa shape index (κ1) is 18.7. The molecule has 0 saturated carbocycles. The van der Waals surface area contributed by atoms with Crippen molar-refractivity contribution in [3.63, 3.8) is 0 Å². The van der Waals surface area contributed by atoms with E-state index in [9.17, 15) is 17.6 Å². The van der Waals surface area contributed by atoms with Gasteiger partial charge in [-0.2, -0.15) is 4.31 Å². The predicted molar refractivity (Wildman–Crippen MR) is 91.8 cm³/mol.